The molecule has 1 amide bonds. The lowest BCUT2D eigenvalue weighted by Crippen LogP contribution is -2.41. The molecular weight excluding hydrogens is 422 g/mol. The van der Waals surface area contributed by atoms with Crippen LogP contribution in [0.5, 0.6) is 17.2 Å². The van der Waals surface area contributed by atoms with Gasteiger partial charge in [0.05, 0.1) is 26.9 Å². The second-order valence-electron chi connectivity index (χ2n) is 8.01. The van der Waals surface area contributed by atoms with Crippen molar-refractivity contribution in [3.05, 3.63) is 53.9 Å². The van der Waals surface area contributed by atoms with Crippen molar-refractivity contribution in [3.63, 3.8) is 0 Å². The number of ether oxygens (including phenoxy) is 3. The molecule has 0 unspecified atom stereocenters. The molecule has 1 fully saturated rings. The summed E-state index contributed by atoms with van der Waals surface area (Å²) >= 11 is 0. The summed E-state index contributed by atoms with van der Waals surface area (Å²) in [5, 5.41) is 4.14. The van der Waals surface area contributed by atoms with E-state index in [0.717, 1.165) is 31.2 Å². The molecule has 8 heteroatoms. The minimum absolute atomic E-state index is 0.0924. The van der Waals surface area contributed by atoms with Crippen molar-refractivity contribution >= 4 is 5.91 Å². The number of hydrogen-bond donors (Lipinski definition) is 0. The number of methoxy groups -OCH3 is 3. The summed E-state index contributed by atoms with van der Waals surface area (Å²) in [6.07, 6.45) is 5.30. The standard InChI is InChI=1S/C25H29N3O5/c1-30-20-12-8-7-11-19(20)25(29)28(18-9-5-4-6-10-18)16-23-26-24(27-33-23)17-13-14-21(31-2)22(15-17)32-3/h7-8,11-15,18H,4-6,9-10,16H2,1-3H3. The summed E-state index contributed by atoms with van der Waals surface area (Å²) in [7, 11) is 4.74. The van der Waals surface area contributed by atoms with Gasteiger partial charge in [0.25, 0.3) is 5.91 Å². The Bertz CT molecular complexity index is 1090. The van der Waals surface area contributed by atoms with Gasteiger partial charge in [-0.15, -0.1) is 0 Å². The summed E-state index contributed by atoms with van der Waals surface area (Å²) in [4.78, 5) is 20.0. The molecule has 4 rings (SSSR count). The van der Waals surface area contributed by atoms with Crippen molar-refractivity contribution in [2.45, 2.75) is 44.7 Å². The first-order valence-corrected chi connectivity index (χ1v) is 11.1. The normalized spacial score (nSPS) is 14.0. The molecule has 0 spiro atoms. The van der Waals surface area contributed by atoms with Crippen molar-refractivity contribution < 1.29 is 23.5 Å². The summed E-state index contributed by atoms with van der Waals surface area (Å²) in [6.45, 7) is 0.238. The second-order valence-corrected chi connectivity index (χ2v) is 8.01. The molecule has 1 aliphatic rings. The largest absolute Gasteiger partial charge is 0.496 e. The Kier molecular flexibility index (Phi) is 7.12. The molecule has 1 heterocycles. The molecule has 0 bridgehead atoms. The molecule has 33 heavy (non-hydrogen) atoms. The van der Waals surface area contributed by atoms with Gasteiger partial charge in [-0.2, -0.15) is 4.98 Å². The zero-order valence-electron chi connectivity index (χ0n) is 19.2. The van der Waals surface area contributed by atoms with E-state index in [2.05, 4.69) is 10.1 Å². The molecule has 0 saturated heterocycles. The third kappa shape index (κ3) is 4.94. The van der Waals surface area contributed by atoms with E-state index in [1.54, 1.807) is 45.6 Å². The van der Waals surface area contributed by atoms with Crippen molar-refractivity contribution in [3.8, 4) is 28.6 Å². The predicted molar refractivity (Wildman–Crippen MR) is 123 cm³/mol. The van der Waals surface area contributed by atoms with Crippen LogP contribution < -0.4 is 14.2 Å². The third-order valence-electron chi connectivity index (χ3n) is 6.03. The van der Waals surface area contributed by atoms with Crippen LogP contribution in [0.1, 0.15) is 48.4 Å². The maximum atomic E-state index is 13.6. The molecule has 0 atom stereocenters. The lowest BCUT2D eigenvalue weighted by Gasteiger charge is -2.33. The number of rotatable bonds is 8. The lowest BCUT2D eigenvalue weighted by molar-refractivity contribution is 0.0583. The van der Waals surface area contributed by atoms with Crippen LogP contribution in [0.25, 0.3) is 11.4 Å². The first kappa shape index (κ1) is 22.6. The SMILES string of the molecule is COc1ccc(-c2noc(CN(C(=O)c3ccccc3OC)C3CCCCC3)n2)cc1OC. The molecule has 1 aliphatic carbocycles. The van der Waals surface area contributed by atoms with Gasteiger partial charge in [0, 0.05) is 11.6 Å². The predicted octanol–water partition coefficient (Wildman–Crippen LogP) is 4.74. The van der Waals surface area contributed by atoms with Crippen LogP contribution >= 0.6 is 0 Å². The minimum Gasteiger partial charge on any atom is -0.496 e. The first-order chi connectivity index (χ1) is 16.1. The van der Waals surface area contributed by atoms with Crippen LogP contribution in [0.2, 0.25) is 0 Å². The second kappa shape index (κ2) is 10.4. The molecule has 1 aromatic heterocycles. The number of benzene rings is 2. The number of hydrogen-bond acceptors (Lipinski definition) is 7. The fraction of sp³-hybridized carbons (Fsp3) is 0.400. The fourth-order valence-electron chi connectivity index (χ4n) is 4.29. The van der Waals surface area contributed by atoms with Crippen molar-refractivity contribution in [2.75, 3.05) is 21.3 Å². The Hall–Kier alpha value is -3.55. The number of carbonyl (C=O) groups is 1. The van der Waals surface area contributed by atoms with Crippen LogP contribution in [0.4, 0.5) is 0 Å². The van der Waals surface area contributed by atoms with Crippen molar-refractivity contribution in [1.29, 1.82) is 0 Å². The zero-order valence-corrected chi connectivity index (χ0v) is 19.2. The first-order valence-electron chi connectivity index (χ1n) is 11.1. The van der Waals surface area contributed by atoms with Gasteiger partial charge in [-0.25, -0.2) is 0 Å². The Balaban J connectivity index is 1.61. The quantitative estimate of drug-likeness (QED) is 0.489. The Morgan fingerprint density at radius 3 is 2.42 bits per heavy atom. The molecule has 0 aliphatic heterocycles. The van der Waals surface area contributed by atoms with Gasteiger partial charge in [0.1, 0.15) is 12.3 Å². The average Bonchev–Trinajstić information content (AvgIpc) is 3.35. The van der Waals surface area contributed by atoms with Crippen LogP contribution in [0.15, 0.2) is 47.0 Å². The topological polar surface area (TPSA) is 86.9 Å². The Labute approximate surface area is 193 Å². The van der Waals surface area contributed by atoms with Gasteiger partial charge >= 0.3 is 0 Å². The highest BCUT2D eigenvalue weighted by Gasteiger charge is 2.29. The third-order valence-corrected chi connectivity index (χ3v) is 6.03. The molecular formula is C25H29N3O5. The smallest absolute Gasteiger partial charge is 0.258 e. The van der Waals surface area contributed by atoms with Gasteiger partial charge in [-0.1, -0.05) is 36.6 Å². The van der Waals surface area contributed by atoms with Gasteiger partial charge < -0.3 is 23.6 Å². The fourth-order valence-corrected chi connectivity index (χ4v) is 4.29. The van der Waals surface area contributed by atoms with Gasteiger partial charge in [-0.3, -0.25) is 4.79 Å². The average molecular weight is 452 g/mol. The zero-order chi connectivity index (χ0) is 23.2. The summed E-state index contributed by atoms with van der Waals surface area (Å²) in [5.41, 5.74) is 1.27. The Morgan fingerprint density at radius 1 is 0.970 bits per heavy atom. The number of carbonyl (C=O) groups excluding carboxylic acids is 1. The van der Waals surface area contributed by atoms with E-state index in [1.165, 1.54) is 6.42 Å². The van der Waals surface area contributed by atoms with Gasteiger partial charge in [0.2, 0.25) is 11.7 Å². The molecule has 0 radical (unpaired) electrons. The minimum atomic E-state index is -0.0924. The van der Waals surface area contributed by atoms with Crippen LogP contribution in [-0.2, 0) is 6.54 Å². The lowest BCUT2D eigenvalue weighted by atomic mass is 9.93. The number of amides is 1. The monoisotopic (exact) mass is 451 g/mol. The van der Waals surface area contributed by atoms with Crippen LogP contribution in [0.3, 0.4) is 0 Å². The highest BCUT2D eigenvalue weighted by Crippen LogP contribution is 2.32. The summed E-state index contributed by atoms with van der Waals surface area (Å²) < 4.78 is 21.7. The van der Waals surface area contributed by atoms with E-state index >= 15 is 0 Å². The van der Waals surface area contributed by atoms with Crippen molar-refractivity contribution in [1.82, 2.24) is 15.0 Å². The number of para-hydroxylation sites is 1. The van der Waals surface area contributed by atoms with E-state index < -0.39 is 0 Å². The van der Waals surface area contributed by atoms with Crippen molar-refractivity contribution in [2.24, 2.45) is 0 Å². The van der Waals surface area contributed by atoms with E-state index in [9.17, 15) is 4.79 Å². The number of aromatic nitrogens is 2. The van der Waals surface area contributed by atoms with E-state index in [1.807, 2.05) is 23.1 Å². The molecule has 8 nitrogen and oxygen atoms in total. The van der Waals surface area contributed by atoms with Gasteiger partial charge in [0.15, 0.2) is 11.5 Å². The maximum absolute atomic E-state index is 13.6. The summed E-state index contributed by atoms with van der Waals surface area (Å²) in [6, 6.07) is 12.8. The Morgan fingerprint density at radius 2 is 1.70 bits per heavy atom. The van der Waals surface area contributed by atoms with E-state index in [-0.39, 0.29) is 18.5 Å². The molecule has 1 saturated carbocycles. The van der Waals surface area contributed by atoms with Gasteiger partial charge in [-0.05, 0) is 43.2 Å². The van der Waals surface area contributed by atoms with Crippen LogP contribution in [-0.4, -0.2) is 48.3 Å². The van der Waals surface area contributed by atoms with Crippen LogP contribution in [0, 0.1) is 0 Å². The number of nitrogens with zero attached hydrogens (tertiary/aromatic N) is 3. The van der Waals surface area contributed by atoms with E-state index in [4.69, 9.17) is 18.7 Å². The molecule has 174 valence electrons. The highest BCUT2D eigenvalue weighted by atomic mass is 16.5. The molecule has 3 aromatic rings. The summed E-state index contributed by atoms with van der Waals surface area (Å²) in [5.74, 6) is 2.48. The maximum Gasteiger partial charge on any atom is 0.258 e. The molecule has 0 N–H and O–H groups in total. The highest BCUT2D eigenvalue weighted by molar-refractivity contribution is 5.97. The van der Waals surface area contributed by atoms with E-state index in [0.29, 0.717) is 34.5 Å². The molecule has 2 aromatic carbocycles.